The van der Waals surface area contributed by atoms with Crippen LogP contribution in [0.1, 0.15) is 42.1 Å². The molecule has 1 saturated heterocycles. The van der Waals surface area contributed by atoms with Gasteiger partial charge < -0.3 is 10.6 Å². The Morgan fingerprint density at radius 2 is 2.42 bits per heavy atom. The summed E-state index contributed by atoms with van der Waals surface area (Å²) in [5.41, 5.74) is 0. The average Bonchev–Trinajstić information content (AvgIpc) is 3.02. The third-order valence-corrected chi connectivity index (χ3v) is 5.49. The number of rotatable bonds is 3. The summed E-state index contributed by atoms with van der Waals surface area (Å²) >= 11 is 1.65. The van der Waals surface area contributed by atoms with Crippen molar-refractivity contribution in [1.29, 1.82) is 0 Å². The van der Waals surface area contributed by atoms with Crippen molar-refractivity contribution in [2.24, 2.45) is 11.8 Å². The molecule has 2 N–H and O–H groups in total. The van der Waals surface area contributed by atoms with Gasteiger partial charge in [0.05, 0.1) is 12.1 Å². The number of hydrogen-bond acceptors (Lipinski definition) is 4. The summed E-state index contributed by atoms with van der Waals surface area (Å²) in [4.78, 5) is 17.9. The van der Waals surface area contributed by atoms with Crippen molar-refractivity contribution < 1.29 is 4.79 Å². The van der Waals surface area contributed by atoms with Gasteiger partial charge in [-0.05, 0) is 45.1 Å². The Balaban J connectivity index is 1.62. The molecule has 5 heteroatoms. The Morgan fingerprint density at radius 3 is 3.16 bits per heavy atom. The minimum Gasteiger partial charge on any atom is -0.346 e. The summed E-state index contributed by atoms with van der Waals surface area (Å²) in [6, 6.07) is 0.0180. The number of aryl methyl sites for hydroxylation is 1. The maximum absolute atomic E-state index is 12.4. The van der Waals surface area contributed by atoms with Crippen LogP contribution in [-0.4, -0.2) is 23.5 Å². The summed E-state index contributed by atoms with van der Waals surface area (Å²) in [5.74, 6) is 1.41. The molecule has 104 valence electrons. The third-order valence-electron chi connectivity index (χ3n) is 4.40. The van der Waals surface area contributed by atoms with Crippen molar-refractivity contribution in [1.82, 2.24) is 15.6 Å². The Labute approximate surface area is 118 Å². The maximum atomic E-state index is 12.4. The van der Waals surface area contributed by atoms with Crippen LogP contribution >= 0.6 is 11.3 Å². The number of carbonyl (C=O) groups excluding carboxylic acids is 1. The van der Waals surface area contributed by atoms with E-state index in [9.17, 15) is 4.79 Å². The number of aromatic nitrogens is 1. The van der Waals surface area contributed by atoms with Crippen molar-refractivity contribution >= 4 is 17.2 Å². The average molecular weight is 279 g/mol. The molecule has 3 rings (SSSR count). The molecule has 1 aromatic heterocycles. The predicted molar refractivity (Wildman–Crippen MR) is 76.0 cm³/mol. The molecule has 4 unspecified atom stereocenters. The van der Waals surface area contributed by atoms with Gasteiger partial charge in [-0.3, -0.25) is 4.79 Å². The first-order valence-corrected chi connectivity index (χ1v) is 7.93. The van der Waals surface area contributed by atoms with Crippen molar-refractivity contribution in [3.63, 3.8) is 0 Å². The highest BCUT2D eigenvalue weighted by atomic mass is 32.1. The summed E-state index contributed by atoms with van der Waals surface area (Å²) in [6.07, 6.45) is 5.62. The molecule has 1 aliphatic heterocycles. The van der Waals surface area contributed by atoms with Crippen LogP contribution in [0.4, 0.5) is 0 Å². The topological polar surface area (TPSA) is 54.0 Å². The lowest BCUT2D eigenvalue weighted by molar-refractivity contribution is -0.124. The van der Waals surface area contributed by atoms with Crippen molar-refractivity contribution in [3.8, 4) is 0 Å². The number of amides is 1. The van der Waals surface area contributed by atoms with E-state index in [1.807, 2.05) is 20.0 Å². The lowest BCUT2D eigenvalue weighted by atomic mass is 9.93. The molecule has 0 radical (unpaired) electrons. The molecule has 4 nitrogen and oxygen atoms in total. The predicted octanol–water partition coefficient (Wildman–Crippen LogP) is 2.02. The van der Waals surface area contributed by atoms with Crippen LogP contribution in [0.25, 0.3) is 0 Å². The van der Waals surface area contributed by atoms with Crippen molar-refractivity contribution in [2.45, 2.75) is 45.2 Å². The normalized spacial score (nSPS) is 31.2. The van der Waals surface area contributed by atoms with E-state index in [0.29, 0.717) is 11.8 Å². The molecule has 1 aliphatic carbocycles. The van der Waals surface area contributed by atoms with E-state index in [0.717, 1.165) is 11.6 Å². The Kier molecular flexibility index (Phi) is 3.58. The molecule has 0 aromatic carbocycles. The summed E-state index contributed by atoms with van der Waals surface area (Å²) < 4.78 is 0. The van der Waals surface area contributed by atoms with Gasteiger partial charge in [0.1, 0.15) is 5.01 Å². The van der Waals surface area contributed by atoms with Crippen LogP contribution in [0.5, 0.6) is 0 Å². The first-order chi connectivity index (χ1) is 9.15. The van der Waals surface area contributed by atoms with Gasteiger partial charge in [-0.2, -0.15) is 0 Å². The van der Waals surface area contributed by atoms with Gasteiger partial charge in [0.15, 0.2) is 0 Å². The SMILES string of the molecule is Cc1cnc(C(C)NC(=O)C2NCC3CCCC32)s1. The fourth-order valence-electron chi connectivity index (χ4n) is 3.41. The van der Waals surface area contributed by atoms with Gasteiger partial charge in [0.2, 0.25) is 5.91 Å². The number of fused-ring (bicyclic) bond motifs is 1. The fourth-order valence-corrected chi connectivity index (χ4v) is 4.19. The number of nitrogens with one attached hydrogen (secondary N) is 2. The van der Waals surface area contributed by atoms with E-state index in [4.69, 9.17) is 0 Å². The van der Waals surface area contributed by atoms with E-state index in [2.05, 4.69) is 15.6 Å². The zero-order valence-corrected chi connectivity index (χ0v) is 12.3. The van der Waals surface area contributed by atoms with Gasteiger partial charge in [0, 0.05) is 11.1 Å². The Morgan fingerprint density at radius 1 is 1.58 bits per heavy atom. The molecule has 1 saturated carbocycles. The maximum Gasteiger partial charge on any atom is 0.237 e. The Bertz CT molecular complexity index is 473. The molecular weight excluding hydrogens is 258 g/mol. The van der Waals surface area contributed by atoms with E-state index >= 15 is 0 Å². The van der Waals surface area contributed by atoms with Gasteiger partial charge in [-0.15, -0.1) is 11.3 Å². The first-order valence-electron chi connectivity index (χ1n) is 7.11. The highest BCUT2D eigenvalue weighted by Gasteiger charge is 2.42. The monoisotopic (exact) mass is 279 g/mol. The zero-order valence-electron chi connectivity index (χ0n) is 11.5. The number of carbonyl (C=O) groups is 1. The molecule has 2 aliphatic rings. The number of thiazole rings is 1. The lowest BCUT2D eigenvalue weighted by Crippen LogP contribution is -2.44. The van der Waals surface area contributed by atoms with Crippen molar-refractivity contribution in [2.75, 3.05) is 6.54 Å². The van der Waals surface area contributed by atoms with Crippen LogP contribution < -0.4 is 10.6 Å². The molecule has 19 heavy (non-hydrogen) atoms. The largest absolute Gasteiger partial charge is 0.346 e. The summed E-state index contributed by atoms with van der Waals surface area (Å²) in [5, 5.41) is 7.49. The number of hydrogen-bond donors (Lipinski definition) is 2. The smallest absolute Gasteiger partial charge is 0.237 e. The molecule has 4 atom stereocenters. The standard InChI is InChI=1S/C14H21N3OS/c1-8-6-16-14(19-8)9(2)17-13(18)12-11-5-3-4-10(11)7-15-12/h6,9-12,15H,3-5,7H2,1-2H3,(H,17,18). The second-order valence-corrected chi connectivity index (χ2v) is 7.05. The zero-order chi connectivity index (χ0) is 13.4. The molecule has 0 spiro atoms. The van der Waals surface area contributed by atoms with Gasteiger partial charge in [-0.25, -0.2) is 4.98 Å². The second-order valence-electron chi connectivity index (χ2n) is 5.78. The van der Waals surface area contributed by atoms with E-state index in [-0.39, 0.29) is 18.0 Å². The molecule has 1 amide bonds. The van der Waals surface area contributed by atoms with E-state index in [1.54, 1.807) is 11.3 Å². The molecule has 0 bridgehead atoms. The van der Waals surface area contributed by atoms with Crippen LogP contribution in [0, 0.1) is 18.8 Å². The second kappa shape index (κ2) is 5.21. The summed E-state index contributed by atoms with van der Waals surface area (Å²) in [7, 11) is 0. The van der Waals surface area contributed by atoms with Gasteiger partial charge in [0.25, 0.3) is 0 Å². The van der Waals surface area contributed by atoms with Crippen LogP contribution in [0.3, 0.4) is 0 Å². The van der Waals surface area contributed by atoms with E-state index in [1.165, 1.54) is 24.1 Å². The highest BCUT2D eigenvalue weighted by molar-refractivity contribution is 7.11. The molecule has 1 aromatic rings. The fraction of sp³-hybridized carbons (Fsp3) is 0.714. The third kappa shape index (κ3) is 2.54. The van der Waals surface area contributed by atoms with Crippen LogP contribution in [0.15, 0.2) is 6.20 Å². The Hall–Kier alpha value is -0.940. The highest BCUT2D eigenvalue weighted by Crippen LogP contribution is 2.37. The first kappa shape index (κ1) is 13.1. The van der Waals surface area contributed by atoms with Crippen molar-refractivity contribution in [3.05, 3.63) is 16.1 Å². The van der Waals surface area contributed by atoms with Gasteiger partial charge >= 0.3 is 0 Å². The minimum absolute atomic E-state index is 0.00783. The molecule has 2 heterocycles. The number of nitrogens with zero attached hydrogens (tertiary/aromatic N) is 1. The minimum atomic E-state index is 0.00783. The van der Waals surface area contributed by atoms with Crippen LogP contribution in [-0.2, 0) is 4.79 Å². The van der Waals surface area contributed by atoms with Crippen LogP contribution in [0.2, 0.25) is 0 Å². The molecular formula is C14H21N3OS. The summed E-state index contributed by atoms with van der Waals surface area (Å²) in [6.45, 7) is 5.06. The molecule has 2 fully saturated rings. The van der Waals surface area contributed by atoms with E-state index < -0.39 is 0 Å². The lowest BCUT2D eigenvalue weighted by Gasteiger charge is -2.20. The quantitative estimate of drug-likeness (QED) is 0.890. The van der Waals surface area contributed by atoms with Gasteiger partial charge in [-0.1, -0.05) is 6.42 Å².